The fourth-order valence-corrected chi connectivity index (χ4v) is 4.90. The number of hydrogen-bond donors (Lipinski definition) is 2. The van der Waals surface area contributed by atoms with Gasteiger partial charge >= 0.3 is 0 Å². The van der Waals surface area contributed by atoms with E-state index in [-0.39, 0.29) is 17.1 Å². The lowest BCUT2D eigenvalue weighted by Crippen LogP contribution is -2.33. The Morgan fingerprint density at radius 1 is 0.938 bits per heavy atom. The fourth-order valence-electron chi connectivity index (χ4n) is 4.90. The monoisotopic (exact) mass is 429 g/mol. The average Bonchev–Trinajstić information content (AvgIpc) is 3.20. The lowest BCUT2D eigenvalue weighted by Gasteiger charge is -2.38. The maximum atomic E-state index is 13.4. The number of benzene rings is 2. The molecule has 0 unspecified atom stereocenters. The van der Waals surface area contributed by atoms with Gasteiger partial charge in [0, 0.05) is 34.7 Å². The van der Waals surface area contributed by atoms with Crippen molar-refractivity contribution in [2.24, 2.45) is 5.41 Å². The van der Waals surface area contributed by atoms with Gasteiger partial charge in [-0.25, -0.2) is 0 Å². The Labute approximate surface area is 187 Å². The SMILES string of the molecule is COc1ccc(-c2[nH]nc3c2[C@@H](c2ccc(OC)cc2)C2=C(CC(C)(C)CC2=O)N3)cc1. The second-order valence-corrected chi connectivity index (χ2v) is 9.25. The number of nitrogens with one attached hydrogen (secondary N) is 2. The predicted octanol–water partition coefficient (Wildman–Crippen LogP) is 5.29. The molecule has 0 spiro atoms. The minimum absolute atomic E-state index is 0.0833. The Bertz CT molecular complexity index is 1200. The summed E-state index contributed by atoms with van der Waals surface area (Å²) in [5.41, 5.74) is 5.68. The summed E-state index contributed by atoms with van der Waals surface area (Å²) in [5.74, 6) is 2.35. The number of nitrogens with zero attached hydrogens (tertiary/aromatic N) is 1. The maximum absolute atomic E-state index is 13.4. The third-order valence-corrected chi connectivity index (χ3v) is 6.40. The molecule has 164 valence electrons. The highest BCUT2D eigenvalue weighted by molar-refractivity contribution is 6.02. The molecule has 2 aliphatic rings. The van der Waals surface area contributed by atoms with E-state index in [1.165, 1.54) is 0 Å². The molecule has 0 saturated heterocycles. The van der Waals surface area contributed by atoms with Gasteiger partial charge in [0.2, 0.25) is 0 Å². The lowest BCUT2D eigenvalue weighted by molar-refractivity contribution is -0.118. The van der Waals surface area contributed by atoms with Crippen LogP contribution in [0.5, 0.6) is 11.5 Å². The summed E-state index contributed by atoms with van der Waals surface area (Å²) in [7, 11) is 3.31. The largest absolute Gasteiger partial charge is 0.497 e. The second kappa shape index (κ2) is 7.55. The summed E-state index contributed by atoms with van der Waals surface area (Å²) in [4.78, 5) is 13.4. The zero-order valence-corrected chi connectivity index (χ0v) is 18.8. The second-order valence-electron chi connectivity index (χ2n) is 9.25. The van der Waals surface area contributed by atoms with Crippen molar-refractivity contribution >= 4 is 11.6 Å². The Morgan fingerprint density at radius 2 is 1.56 bits per heavy atom. The van der Waals surface area contributed by atoms with Crippen LogP contribution in [0.25, 0.3) is 11.3 Å². The summed E-state index contributed by atoms with van der Waals surface area (Å²) in [6.45, 7) is 4.28. The van der Waals surface area contributed by atoms with Crippen molar-refractivity contribution in [3.05, 3.63) is 70.9 Å². The van der Waals surface area contributed by atoms with Crippen LogP contribution in [0.4, 0.5) is 5.82 Å². The van der Waals surface area contributed by atoms with Crippen LogP contribution >= 0.6 is 0 Å². The van der Waals surface area contributed by atoms with Gasteiger partial charge in [0.15, 0.2) is 11.6 Å². The Balaban J connectivity index is 1.69. The highest BCUT2D eigenvalue weighted by Gasteiger charge is 2.42. The zero-order valence-electron chi connectivity index (χ0n) is 18.8. The molecule has 1 aliphatic heterocycles. The van der Waals surface area contributed by atoms with Gasteiger partial charge in [0.1, 0.15) is 11.5 Å². The van der Waals surface area contributed by atoms with Gasteiger partial charge in [-0.2, -0.15) is 5.10 Å². The van der Waals surface area contributed by atoms with Crippen molar-refractivity contribution in [3.8, 4) is 22.8 Å². The van der Waals surface area contributed by atoms with E-state index in [0.717, 1.165) is 57.4 Å². The number of rotatable bonds is 4. The molecule has 2 N–H and O–H groups in total. The molecule has 2 aromatic carbocycles. The molecule has 0 fully saturated rings. The molecular formula is C26H27N3O3. The van der Waals surface area contributed by atoms with Crippen LogP contribution in [0.15, 0.2) is 59.8 Å². The number of hydrogen-bond acceptors (Lipinski definition) is 5. The van der Waals surface area contributed by atoms with E-state index in [1.807, 2.05) is 48.5 Å². The minimum atomic E-state index is -0.202. The molecule has 1 atom stereocenters. The highest BCUT2D eigenvalue weighted by Crippen LogP contribution is 2.51. The number of methoxy groups -OCH3 is 2. The van der Waals surface area contributed by atoms with Gasteiger partial charge in [-0.3, -0.25) is 9.89 Å². The standard InChI is InChI=1S/C26H27N3O3/c1-26(2)13-19-22(20(30)14-26)21(15-5-9-17(31-3)10-6-15)23-24(28-29-25(23)27-19)16-7-11-18(32-4)12-8-16/h5-12,21H,13-14H2,1-4H3,(H2,27,28,29)/t21-/m0/s1. The van der Waals surface area contributed by atoms with Gasteiger partial charge in [0.05, 0.1) is 19.9 Å². The summed E-state index contributed by atoms with van der Waals surface area (Å²) < 4.78 is 10.7. The van der Waals surface area contributed by atoms with E-state index in [2.05, 4.69) is 29.4 Å². The molecule has 32 heavy (non-hydrogen) atoms. The van der Waals surface area contributed by atoms with Gasteiger partial charge in [0.25, 0.3) is 0 Å². The first kappa shape index (κ1) is 20.4. The van der Waals surface area contributed by atoms with Crippen molar-refractivity contribution in [1.29, 1.82) is 0 Å². The van der Waals surface area contributed by atoms with Crippen LogP contribution in [-0.2, 0) is 4.79 Å². The molecule has 0 saturated carbocycles. The van der Waals surface area contributed by atoms with Crippen molar-refractivity contribution in [2.75, 3.05) is 19.5 Å². The van der Waals surface area contributed by atoms with Crippen LogP contribution in [-0.4, -0.2) is 30.2 Å². The quantitative estimate of drug-likeness (QED) is 0.589. The number of aromatic amines is 1. The average molecular weight is 430 g/mol. The number of ether oxygens (including phenoxy) is 2. The normalized spacial score (nSPS) is 19.1. The highest BCUT2D eigenvalue weighted by atomic mass is 16.5. The van der Waals surface area contributed by atoms with E-state index in [1.54, 1.807) is 14.2 Å². The first-order valence-electron chi connectivity index (χ1n) is 10.8. The van der Waals surface area contributed by atoms with Gasteiger partial charge in [-0.15, -0.1) is 0 Å². The van der Waals surface area contributed by atoms with Gasteiger partial charge < -0.3 is 14.8 Å². The van der Waals surface area contributed by atoms with Crippen LogP contribution in [0.3, 0.4) is 0 Å². The van der Waals surface area contributed by atoms with E-state index < -0.39 is 0 Å². The van der Waals surface area contributed by atoms with Crippen LogP contribution < -0.4 is 14.8 Å². The van der Waals surface area contributed by atoms with Crippen molar-refractivity contribution in [1.82, 2.24) is 10.2 Å². The number of aromatic nitrogens is 2. The van der Waals surface area contributed by atoms with Crippen molar-refractivity contribution in [2.45, 2.75) is 32.6 Å². The maximum Gasteiger partial charge on any atom is 0.162 e. The number of H-pyrrole nitrogens is 1. The molecule has 0 amide bonds. The smallest absolute Gasteiger partial charge is 0.162 e. The molecule has 1 aliphatic carbocycles. The van der Waals surface area contributed by atoms with Crippen LogP contribution in [0.1, 0.15) is 43.7 Å². The number of Topliss-reactive ketones (excluding diaryl/α,β-unsaturated/α-hetero) is 1. The molecule has 3 aromatic rings. The molecule has 6 heteroatoms. The van der Waals surface area contributed by atoms with Crippen molar-refractivity contribution < 1.29 is 14.3 Å². The minimum Gasteiger partial charge on any atom is -0.497 e. The number of ketones is 1. The summed E-state index contributed by atoms with van der Waals surface area (Å²) in [5, 5.41) is 11.3. The van der Waals surface area contributed by atoms with Crippen molar-refractivity contribution in [3.63, 3.8) is 0 Å². The third-order valence-electron chi connectivity index (χ3n) is 6.40. The van der Waals surface area contributed by atoms with Crippen LogP contribution in [0, 0.1) is 5.41 Å². The summed E-state index contributed by atoms with van der Waals surface area (Å²) >= 11 is 0. The number of allylic oxidation sites excluding steroid dienone is 2. The molecule has 0 radical (unpaired) electrons. The fraction of sp³-hybridized carbons (Fsp3) is 0.308. The Kier molecular flexibility index (Phi) is 4.81. The first-order chi connectivity index (χ1) is 15.4. The van der Waals surface area contributed by atoms with E-state index in [9.17, 15) is 4.79 Å². The first-order valence-corrected chi connectivity index (χ1v) is 10.8. The van der Waals surface area contributed by atoms with Gasteiger partial charge in [-0.05, 0) is 53.8 Å². The van der Waals surface area contributed by atoms with Gasteiger partial charge in [-0.1, -0.05) is 26.0 Å². The predicted molar refractivity (Wildman–Crippen MR) is 124 cm³/mol. The Hall–Kier alpha value is -3.54. The molecule has 5 rings (SSSR count). The number of carbonyl (C=O) groups excluding carboxylic acids is 1. The topological polar surface area (TPSA) is 76.2 Å². The summed E-state index contributed by atoms with van der Waals surface area (Å²) in [6.07, 6.45) is 1.34. The number of carbonyl (C=O) groups is 1. The summed E-state index contributed by atoms with van der Waals surface area (Å²) in [6, 6.07) is 15.9. The van der Waals surface area contributed by atoms with E-state index in [0.29, 0.717) is 6.42 Å². The van der Waals surface area contributed by atoms with E-state index >= 15 is 0 Å². The lowest BCUT2D eigenvalue weighted by atomic mass is 9.69. The van der Waals surface area contributed by atoms with E-state index in [4.69, 9.17) is 9.47 Å². The third kappa shape index (κ3) is 3.36. The number of fused-ring (bicyclic) bond motifs is 1. The van der Waals surface area contributed by atoms with Crippen LogP contribution in [0.2, 0.25) is 0 Å². The Morgan fingerprint density at radius 3 is 2.19 bits per heavy atom. The molecular weight excluding hydrogens is 402 g/mol. The molecule has 2 heterocycles. The molecule has 6 nitrogen and oxygen atoms in total. The molecule has 1 aromatic heterocycles. The zero-order chi connectivity index (χ0) is 22.5. The number of anilines is 1. The molecule has 0 bridgehead atoms.